The van der Waals surface area contributed by atoms with Crippen LogP contribution in [0.15, 0.2) is 24.3 Å². The van der Waals surface area contributed by atoms with Crippen molar-refractivity contribution in [1.29, 1.82) is 0 Å². The number of aromatic amines is 1. The van der Waals surface area contributed by atoms with Crippen LogP contribution >= 0.6 is 0 Å². The fraction of sp³-hybridized carbons (Fsp3) is 0.308. The zero-order valence-electron chi connectivity index (χ0n) is 9.46. The average Bonchev–Trinajstić information content (AvgIpc) is 2.70. The number of benzene rings is 1. The lowest BCUT2D eigenvalue weighted by atomic mass is 10.0. The van der Waals surface area contributed by atoms with Gasteiger partial charge >= 0.3 is 0 Å². The van der Waals surface area contributed by atoms with Gasteiger partial charge in [0.2, 0.25) is 0 Å². The van der Waals surface area contributed by atoms with Crippen molar-refractivity contribution in [2.24, 2.45) is 0 Å². The molecule has 1 aromatic carbocycles. The molecule has 0 fully saturated rings. The first-order chi connectivity index (χ1) is 7.20. The second-order valence-corrected chi connectivity index (χ2v) is 3.93. The normalized spacial score (nSPS) is 10.6. The predicted octanol–water partition coefficient (Wildman–Crippen LogP) is 3.26. The van der Waals surface area contributed by atoms with Crippen LogP contribution in [0.5, 0.6) is 0 Å². The highest BCUT2D eigenvalue weighted by Gasteiger charge is 2.03. The van der Waals surface area contributed by atoms with E-state index in [4.69, 9.17) is 0 Å². The Hall–Kier alpha value is -1.57. The molecule has 2 rings (SSSR count). The van der Waals surface area contributed by atoms with Crippen molar-refractivity contribution in [2.45, 2.75) is 27.2 Å². The maximum atomic E-state index is 4.30. The molecule has 0 unspecified atom stereocenters. The molecule has 78 valence electrons. The first kappa shape index (κ1) is 9.97. The van der Waals surface area contributed by atoms with E-state index in [-0.39, 0.29) is 0 Å². The van der Waals surface area contributed by atoms with Crippen LogP contribution in [0.3, 0.4) is 0 Å². The molecule has 0 bridgehead atoms. The third kappa shape index (κ3) is 1.94. The topological polar surface area (TPSA) is 28.7 Å². The van der Waals surface area contributed by atoms with Gasteiger partial charge in [-0.15, -0.1) is 0 Å². The van der Waals surface area contributed by atoms with Crippen LogP contribution < -0.4 is 0 Å². The second-order valence-electron chi connectivity index (χ2n) is 3.93. The quantitative estimate of drug-likeness (QED) is 0.792. The molecular weight excluding hydrogens is 184 g/mol. The highest BCUT2D eigenvalue weighted by molar-refractivity contribution is 5.61. The Morgan fingerprint density at radius 2 is 1.93 bits per heavy atom. The second kappa shape index (κ2) is 3.89. The van der Waals surface area contributed by atoms with E-state index in [2.05, 4.69) is 55.2 Å². The predicted molar refractivity (Wildman–Crippen MR) is 62.9 cm³/mol. The lowest BCUT2D eigenvalue weighted by Gasteiger charge is -2.01. The fourth-order valence-electron chi connectivity index (χ4n) is 1.59. The summed E-state index contributed by atoms with van der Waals surface area (Å²) in [6.45, 7) is 6.38. The Bertz CT molecular complexity index is 469. The minimum Gasteiger partial charge on any atom is -0.282 e. The molecule has 0 aliphatic heterocycles. The number of nitrogens with zero attached hydrogens (tertiary/aromatic N) is 1. The number of nitrogens with one attached hydrogen (secondary N) is 1. The molecule has 2 nitrogen and oxygen atoms in total. The average molecular weight is 200 g/mol. The van der Waals surface area contributed by atoms with Gasteiger partial charge in [-0.3, -0.25) is 5.10 Å². The fourth-order valence-corrected chi connectivity index (χ4v) is 1.59. The molecule has 1 N–H and O–H groups in total. The van der Waals surface area contributed by atoms with E-state index in [1.54, 1.807) is 0 Å². The van der Waals surface area contributed by atoms with Gasteiger partial charge in [-0.25, -0.2) is 0 Å². The van der Waals surface area contributed by atoms with Gasteiger partial charge in [0.1, 0.15) is 0 Å². The number of hydrogen-bond donors (Lipinski definition) is 1. The first-order valence-electron chi connectivity index (χ1n) is 5.32. The van der Waals surface area contributed by atoms with E-state index in [0.717, 1.165) is 12.1 Å². The lowest BCUT2D eigenvalue weighted by Crippen LogP contribution is -1.83. The largest absolute Gasteiger partial charge is 0.282 e. The standard InChI is InChI=1S/C13H16N2/c1-4-12-8-13(15-14-12)11-6-5-9(2)10(3)7-11/h5-8H,4H2,1-3H3,(H,14,15). The Morgan fingerprint density at radius 1 is 1.13 bits per heavy atom. The Labute approximate surface area is 90.3 Å². The number of hydrogen-bond acceptors (Lipinski definition) is 1. The molecule has 2 heteroatoms. The van der Waals surface area contributed by atoms with E-state index in [1.165, 1.54) is 22.4 Å². The molecule has 0 spiro atoms. The molecule has 1 heterocycles. The maximum absolute atomic E-state index is 4.30. The summed E-state index contributed by atoms with van der Waals surface area (Å²) < 4.78 is 0. The van der Waals surface area contributed by atoms with Crippen LogP contribution in [0.4, 0.5) is 0 Å². The van der Waals surface area contributed by atoms with Gasteiger partial charge in [-0.05, 0) is 43.5 Å². The third-order valence-corrected chi connectivity index (χ3v) is 2.81. The summed E-state index contributed by atoms with van der Waals surface area (Å²) in [6, 6.07) is 8.57. The molecule has 0 aliphatic rings. The molecule has 0 radical (unpaired) electrons. The van der Waals surface area contributed by atoms with Crippen molar-refractivity contribution in [2.75, 3.05) is 0 Å². The van der Waals surface area contributed by atoms with Gasteiger partial charge in [0, 0.05) is 11.3 Å². The van der Waals surface area contributed by atoms with Crippen molar-refractivity contribution >= 4 is 0 Å². The molecule has 2 aromatic rings. The van der Waals surface area contributed by atoms with Crippen molar-refractivity contribution in [1.82, 2.24) is 10.2 Å². The number of aryl methyl sites for hydroxylation is 3. The SMILES string of the molecule is CCc1cc(-c2ccc(C)c(C)c2)n[nH]1. The Morgan fingerprint density at radius 3 is 2.53 bits per heavy atom. The third-order valence-electron chi connectivity index (χ3n) is 2.81. The molecule has 0 amide bonds. The molecule has 15 heavy (non-hydrogen) atoms. The minimum absolute atomic E-state index is 0.998. The van der Waals surface area contributed by atoms with Crippen LogP contribution in [0.25, 0.3) is 11.3 Å². The van der Waals surface area contributed by atoms with Crippen molar-refractivity contribution < 1.29 is 0 Å². The van der Waals surface area contributed by atoms with Gasteiger partial charge in [0.15, 0.2) is 0 Å². The van der Waals surface area contributed by atoms with Gasteiger partial charge in [-0.2, -0.15) is 5.10 Å². The van der Waals surface area contributed by atoms with Crippen molar-refractivity contribution in [3.63, 3.8) is 0 Å². The molecule has 0 atom stereocenters. The Balaban J connectivity index is 2.40. The summed E-state index contributed by atoms with van der Waals surface area (Å²) in [5.74, 6) is 0. The van der Waals surface area contributed by atoms with Crippen LogP contribution in [0, 0.1) is 13.8 Å². The van der Waals surface area contributed by atoms with E-state index in [0.29, 0.717) is 0 Å². The summed E-state index contributed by atoms with van der Waals surface area (Å²) in [7, 11) is 0. The molecule has 0 saturated heterocycles. The van der Waals surface area contributed by atoms with Crippen molar-refractivity contribution in [3.05, 3.63) is 41.1 Å². The van der Waals surface area contributed by atoms with E-state index >= 15 is 0 Å². The Kier molecular flexibility index (Phi) is 2.58. The van der Waals surface area contributed by atoms with Gasteiger partial charge in [0.05, 0.1) is 5.69 Å². The van der Waals surface area contributed by atoms with E-state index < -0.39 is 0 Å². The zero-order chi connectivity index (χ0) is 10.8. The van der Waals surface area contributed by atoms with Gasteiger partial charge in [-0.1, -0.05) is 19.1 Å². The number of rotatable bonds is 2. The summed E-state index contributed by atoms with van der Waals surface area (Å²) in [5.41, 5.74) is 6.05. The van der Waals surface area contributed by atoms with E-state index in [9.17, 15) is 0 Å². The van der Waals surface area contributed by atoms with Crippen molar-refractivity contribution in [3.8, 4) is 11.3 Å². The van der Waals surface area contributed by atoms with Gasteiger partial charge in [0.25, 0.3) is 0 Å². The molecular formula is C13H16N2. The minimum atomic E-state index is 0.998. The van der Waals surface area contributed by atoms with Crippen LogP contribution in [0.1, 0.15) is 23.7 Å². The summed E-state index contributed by atoms with van der Waals surface area (Å²) in [5, 5.41) is 7.34. The summed E-state index contributed by atoms with van der Waals surface area (Å²) in [6.07, 6.45) is 0.998. The molecule has 0 saturated carbocycles. The summed E-state index contributed by atoms with van der Waals surface area (Å²) >= 11 is 0. The smallest absolute Gasteiger partial charge is 0.0923 e. The van der Waals surface area contributed by atoms with Crippen LogP contribution in [-0.4, -0.2) is 10.2 Å². The highest BCUT2D eigenvalue weighted by atomic mass is 15.1. The summed E-state index contributed by atoms with van der Waals surface area (Å²) in [4.78, 5) is 0. The van der Waals surface area contributed by atoms with Crippen LogP contribution in [-0.2, 0) is 6.42 Å². The zero-order valence-corrected chi connectivity index (χ0v) is 9.46. The van der Waals surface area contributed by atoms with E-state index in [1.807, 2.05) is 0 Å². The molecule has 0 aliphatic carbocycles. The monoisotopic (exact) mass is 200 g/mol. The highest BCUT2D eigenvalue weighted by Crippen LogP contribution is 2.20. The number of H-pyrrole nitrogens is 1. The first-order valence-corrected chi connectivity index (χ1v) is 5.32. The lowest BCUT2D eigenvalue weighted by molar-refractivity contribution is 0.976. The molecule has 1 aromatic heterocycles. The van der Waals surface area contributed by atoms with Crippen LogP contribution in [0.2, 0.25) is 0 Å². The number of aromatic nitrogens is 2. The maximum Gasteiger partial charge on any atom is 0.0923 e. The van der Waals surface area contributed by atoms with Gasteiger partial charge < -0.3 is 0 Å².